The largest absolute Gasteiger partial charge is 0.378 e. The Bertz CT molecular complexity index is 755. The normalized spacial score (nSPS) is 14.7. The molecule has 1 amide bonds. The molecule has 1 N–H and O–H groups in total. The molecule has 3 rings (SSSR count). The van der Waals surface area contributed by atoms with Crippen molar-refractivity contribution in [2.24, 2.45) is 0 Å². The van der Waals surface area contributed by atoms with Gasteiger partial charge < -0.3 is 15.0 Å². The van der Waals surface area contributed by atoms with Crippen LogP contribution in [0.3, 0.4) is 0 Å². The average Bonchev–Trinajstić information content (AvgIpc) is 2.68. The zero-order valence-electron chi connectivity index (χ0n) is 16.5. The maximum absolute atomic E-state index is 12.5. The van der Waals surface area contributed by atoms with E-state index in [4.69, 9.17) is 4.74 Å². The summed E-state index contributed by atoms with van der Waals surface area (Å²) in [5.41, 5.74) is 3.95. The van der Waals surface area contributed by atoms with Crippen LogP contribution >= 0.6 is 0 Å². The lowest BCUT2D eigenvalue weighted by atomic mass is 9.92. The third kappa shape index (κ3) is 4.45. The van der Waals surface area contributed by atoms with Crippen LogP contribution in [0.5, 0.6) is 0 Å². The van der Waals surface area contributed by atoms with Gasteiger partial charge in [-0.3, -0.25) is 4.79 Å². The number of hydrogen-bond acceptors (Lipinski definition) is 5. The second-order valence-electron chi connectivity index (χ2n) is 7.45. The molecule has 0 unspecified atom stereocenters. The van der Waals surface area contributed by atoms with Crippen molar-refractivity contribution in [1.29, 1.82) is 0 Å². The van der Waals surface area contributed by atoms with Crippen molar-refractivity contribution in [2.75, 3.05) is 31.6 Å². The Morgan fingerprint density at radius 1 is 1.00 bits per heavy atom. The van der Waals surface area contributed by atoms with Gasteiger partial charge in [-0.1, -0.05) is 45.9 Å². The van der Waals surface area contributed by atoms with Crippen LogP contribution < -0.4 is 5.32 Å². The highest BCUT2D eigenvalue weighted by atomic mass is 16.5. The summed E-state index contributed by atoms with van der Waals surface area (Å²) in [6.45, 7) is 11.1. The fourth-order valence-corrected chi connectivity index (χ4v) is 3.26. The quantitative estimate of drug-likeness (QED) is 0.866. The van der Waals surface area contributed by atoms with E-state index in [9.17, 15) is 4.79 Å². The van der Waals surface area contributed by atoms with Crippen LogP contribution in [0.2, 0.25) is 0 Å². The molecule has 0 spiro atoms. The van der Waals surface area contributed by atoms with Crippen molar-refractivity contribution in [1.82, 2.24) is 15.1 Å². The number of hydrogen-bond donors (Lipinski definition) is 1. The summed E-state index contributed by atoms with van der Waals surface area (Å²) in [6, 6.07) is 9.94. The van der Waals surface area contributed by atoms with Crippen molar-refractivity contribution in [3.05, 3.63) is 47.2 Å². The van der Waals surface area contributed by atoms with E-state index in [2.05, 4.69) is 61.4 Å². The molecule has 0 aliphatic carbocycles. The van der Waals surface area contributed by atoms with E-state index >= 15 is 0 Å². The molecular weight excluding hydrogens is 340 g/mol. The Hall–Kier alpha value is -2.47. The second-order valence-corrected chi connectivity index (χ2v) is 7.45. The fraction of sp³-hybridized carbons (Fsp3) is 0.476. The smallest absolute Gasteiger partial charge is 0.274 e. The van der Waals surface area contributed by atoms with Crippen LogP contribution in [0.1, 0.15) is 61.1 Å². The molecule has 0 atom stereocenters. The van der Waals surface area contributed by atoms with E-state index in [1.165, 1.54) is 11.1 Å². The minimum absolute atomic E-state index is 0.0946. The molecule has 1 aromatic carbocycles. The van der Waals surface area contributed by atoms with E-state index in [0.717, 1.165) is 5.69 Å². The predicted octanol–water partition coefficient (Wildman–Crippen LogP) is 3.94. The number of ether oxygens (including phenoxy) is 1. The third-order valence-electron chi connectivity index (χ3n) is 4.81. The highest BCUT2D eigenvalue weighted by molar-refractivity contribution is 5.92. The molecule has 6 heteroatoms. The first-order valence-electron chi connectivity index (χ1n) is 9.58. The van der Waals surface area contributed by atoms with Gasteiger partial charge in [0.05, 0.1) is 13.2 Å². The van der Waals surface area contributed by atoms with E-state index in [1.807, 2.05) is 6.07 Å². The lowest BCUT2D eigenvalue weighted by molar-refractivity contribution is 0.0298. The van der Waals surface area contributed by atoms with Gasteiger partial charge in [0.2, 0.25) is 0 Å². The van der Waals surface area contributed by atoms with Gasteiger partial charge in [-0.05, 0) is 35.1 Å². The molecule has 1 aromatic heterocycles. The SMILES string of the molecule is CC(C)c1cccc(C(C)C)c1Nc1ccc(C(=O)N2CCOCC2)nn1. The Balaban J connectivity index is 1.82. The van der Waals surface area contributed by atoms with Gasteiger partial charge in [-0.25, -0.2) is 0 Å². The number of rotatable bonds is 5. The van der Waals surface area contributed by atoms with Gasteiger partial charge in [0.15, 0.2) is 11.5 Å². The summed E-state index contributed by atoms with van der Waals surface area (Å²) in [6.07, 6.45) is 0. The summed E-state index contributed by atoms with van der Waals surface area (Å²) in [5, 5.41) is 11.8. The lowest BCUT2D eigenvalue weighted by Gasteiger charge is -2.26. The maximum Gasteiger partial charge on any atom is 0.274 e. The number of para-hydroxylation sites is 1. The van der Waals surface area contributed by atoms with Crippen molar-refractivity contribution in [3.8, 4) is 0 Å². The van der Waals surface area contributed by atoms with E-state index in [0.29, 0.717) is 49.7 Å². The van der Waals surface area contributed by atoms with Crippen LogP contribution in [0, 0.1) is 0 Å². The van der Waals surface area contributed by atoms with Crippen LogP contribution in [0.4, 0.5) is 11.5 Å². The molecule has 0 radical (unpaired) electrons. The van der Waals surface area contributed by atoms with Gasteiger partial charge in [0, 0.05) is 18.8 Å². The van der Waals surface area contributed by atoms with Crippen LogP contribution in [0.25, 0.3) is 0 Å². The average molecular weight is 368 g/mol. The molecule has 2 heterocycles. The maximum atomic E-state index is 12.5. The minimum atomic E-state index is -0.0946. The van der Waals surface area contributed by atoms with Gasteiger partial charge in [0.1, 0.15) is 0 Å². The standard InChI is InChI=1S/C21H28N4O2/c1-14(2)16-6-5-7-17(15(3)4)20(16)22-19-9-8-18(23-24-19)21(26)25-10-12-27-13-11-25/h5-9,14-15H,10-13H2,1-4H3,(H,22,24). The summed E-state index contributed by atoms with van der Waals surface area (Å²) >= 11 is 0. The lowest BCUT2D eigenvalue weighted by Crippen LogP contribution is -2.41. The number of nitrogens with zero attached hydrogens (tertiary/aromatic N) is 3. The molecule has 144 valence electrons. The van der Waals surface area contributed by atoms with Crippen LogP contribution in [-0.4, -0.2) is 47.3 Å². The Labute approximate surface area is 160 Å². The Morgan fingerprint density at radius 2 is 1.63 bits per heavy atom. The van der Waals surface area contributed by atoms with E-state index in [1.54, 1.807) is 11.0 Å². The number of carbonyl (C=O) groups excluding carboxylic acids is 1. The van der Waals surface area contributed by atoms with Gasteiger partial charge in [0.25, 0.3) is 5.91 Å². The number of nitrogens with one attached hydrogen (secondary N) is 1. The summed E-state index contributed by atoms with van der Waals surface area (Å²) in [4.78, 5) is 14.3. The first-order valence-corrected chi connectivity index (χ1v) is 9.58. The molecule has 6 nitrogen and oxygen atoms in total. The van der Waals surface area contributed by atoms with Gasteiger partial charge in [-0.2, -0.15) is 0 Å². The molecule has 1 aliphatic rings. The topological polar surface area (TPSA) is 67.4 Å². The highest BCUT2D eigenvalue weighted by Gasteiger charge is 2.20. The van der Waals surface area contributed by atoms with E-state index < -0.39 is 0 Å². The first-order chi connectivity index (χ1) is 13.0. The minimum Gasteiger partial charge on any atom is -0.378 e. The van der Waals surface area contributed by atoms with Crippen molar-refractivity contribution < 1.29 is 9.53 Å². The second kappa shape index (κ2) is 8.48. The van der Waals surface area contributed by atoms with Crippen LogP contribution in [0.15, 0.2) is 30.3 Å². The fourth-order valence-electron chi connectivity index (χ4n) is 3.26. The Morgan fingerprint density at radius 3 is 2.15 bits per heavy atom. The molecule has 27 heavy (non-hydrogen) atoms. The molecule has 1 aliphatic heterocycles. The summed E-state index contributed by atoms with van der Waals surface area (Å²) in [5.74, 6) is 1.33. The van der Waals surface area contributed by atoms with Crippen molar-refractivity contribution >= 4 is 17.4 Å². The van der Waals surface area contributed by atoms with Gasteiger partial charge in [-0.15, -0.1) is 10.2 Å². The molecule has 0 saturated carbocycles. The molecule has 0 bridgehead atoms. The first kappa shape index (κ1) is 19.3. The van der Waals surface area contributed by atoms with Crippen molar-refractivity contribution in [3.63, 3.8) is 0 Å². The molecule has 1 saturated heterocycles. The summed E-state index contributed by atoms with van der Waals surface area (Å²) in [7, 11) is 0. The summed E-state index contributed by atoms with van der Waals surface area (Å²) < 4.78 is 5.29. The number of aromatic nitrogens is 2. The molecular formula is C21H28N4O2. The van der Waals surface area contributed by atoms with Crippen LogP contribution in [-0.2, 0) is 4.74 Å². The van der Waals surface area contributed by atoms with Gasteiger partial charge >= 0.3 is 0 Å². The van der Waals surface area contributed by atoms with Crippen molar-refractivity contribution in [2.45, 2.75) is 39.5 Å². The van der Waals surface area contributed by atoms with E-state index in [-0.39, 0.29) is 5.91 Å². The number of carbonyl (C=O) groups is 1. The zero-order chi connectivity index (χ0) is 19.4. The number of anilines is 2. The molecule has 1 fully saturated rings. The number of benzene rings is 1. The number of morpholine rings is 1. The number of amides is 1. The highest BCUT2D eigenvalue weighted by Crippen LogP contribution is 2.34. The zero-order valence-corrected chi connectivity index (χ0v) is 16.5. The third-order valence-corrected chi connectivity index (χ3v) is 4.81. The monoisotopic (exact) mass is 368 g/mol. The molecule has 2 aromatic rings. The Kier molecular flexibility index (Phi) is 6.06. The predicted molar refractivity (Wildman–Crippen MR) is 107 cm³/mol.